The standard InChI is InChI=1S/C16H22FN/c17-16(13-18,15-11-7-4-8-12-15)14-9-5-2-1-3-6-10-14/h4,7-9,11-12H,1-3,5-6,10,13,18H2/b14-9+. The summed E-state index contributed by atoms with van der Waals surface area (Å²) in [5.41, 5.74) is 5.85. The maximum Gasteiger partial charge on any atom is 0.169 e. The number of allylic oxidation sites excluding steroid dienone is 1. The Labute approximate surface area is 109 Å². The highest BCUT2D eigenvalue weighted by molar-refractivity contribution is 5.33. The lowest BCUT2D eigenvalue weighted by Crippen LogP contribution is -2.32. The van der Waals surface area contributed by atoms with Gasteiger partial charge in [-0.05, 0) is 36.8 Å². The molecular weight excluding hydrogens is 225 g/mol. The first-order valence-corrected chi connectivity index (χ1v) is 6.91. The summed E-state index contributed by atoms with van der Waals surface area (Å²) in [5, 5.41) is 0. The number of hydrogen-bond acceptors (Lipinski definition) is 1. The lowest BCUT2D eigenvalue weighted by atomic mass is 9.83. The molecule has 1 aliphatic carbocycles. The average molecular weight is 247 g/mol. The average Bonchev–Trinajstić information content (AvgIpc) is 2.38. The molecule has 98 valence electrons. The van der Waals surface area contributed by atoms with E-state index in [0.717, 1.165) is 24.8 Å². The molecule has 1 aromatic carbocycles. The van der Waals surface area contributed by atoms with Gasteiger partial charge in [-0.2, -0.15) is 0 Å². The maximum absolute atomic E-state index is 15.3. The Bertz CT molecular complexity index is 399. The zero-order valence-corrected chi connectivity index (χ0v) is 10.9. The van der Waals surface area contributed by atoms with Crippen LogP contribution in [-0.2, 0) is 5.67 Å². The normalized spacial score (nSPS) is 23.3. The van der Waals surface area contributed by atoms with Crippen molar-refractivity contribution in [1.29, 1.82) is 0 Å². The van der Waals surface area contributed by atoms with Crippen molar-refractivity contribution in [2.45, 2.75) is 44.2 Å². The Morgan fingerprint density at radius 3 is 2.50 bits per heavy atom. The second kappa shape index (κ2) is 6.14. The Balaban J connectivity index is 2.30. The molecule has 18 heavy (non-hydrogen) atoms. The van der Waals surface area contributed by atoms with E-state index < -0.39 is 5.67 Å². The van der Waals surface area contributed by atoms with Gasteiger partial charge in [0.2, 0.25) is 0 Å². The fourth-order valence-corrected chi connectivity index (χ4v) is 2.69. The number of alkyl halides is 1. The van der Waals surface area contributed by atoms with Crippen LogP contribution in [0, 0.1) is 0 Å². The van der Waals surface area contributed by atoms with E-state index in [1.807, 2.05) is 30.3 Å². The van der Waals surface area contributed by atoms with Crippen LogP contribution in [0.3, 0.4) is 0 Å². The van der Waals surface area contributed by atoms with Crippen molar-refractivity contribution in [3.05, 3.63) is 47.5 Å². The molecule has 0 bridgehead atoms. The predicted octanol–water partition coefficient (Wildman–Crippen LogP) is 4.09. The molecule has 0 fully saturated rings. The third-order valence-electron chi connectivity index (χ3n) is 3.81. The molecule has 1 unspecified atom stereocenters. The third-order valence-corrected chi connectivity index (χ3v) is 3.81. The van der Waals surface area contributed by atoms with E-state index in [9.17, 15) is 0 Å². The molecule has 0 aliphatic heterocycles. The van der Waals surface area contributed by atoms with E-state index in [-0.39, 0.29) is 6.54 Å². The summed E-state index contributed by atoms with van der Waals surface area (Å²) < 4.78 is 15.3. The second-order valence-corrected chi connectivity index (χ2v) is 5.05. The zero-order valence-electron chi connectivity index (χ0n) is 10.9. The maximum atomic E-state index is 15.3. The highest BCUT2D eigenvalue weighted by Crippen LogP contribution is 2.37. The van der Waals surface area contributed by atoms with Gasteiger partial charge in [0, 0.05) is 6.54 Å². The Kier molecular flexibility index (Phi) is 4.54. The molecule has 2 heteroatoms. The van der Waals surface area contributed by atoms with Gasteiger partial charge < -0.3 is 5.73 Å². The van der Waals surface area contributed by atoms with E-state index >= 15 is 4.39 Å². The monoisotopic (exact) mass is 247 g/mol. The lowest BCUT2D eigenvalue weighted by Gasteiger charge is -2.28. The molecule has 0 radical (unpaired) electrons. The molecule has 0 saturated heterocycles. The van der Waals surface area contributed by atoms with Gasteiger partial charge in [-0.1, -0.05) is 49.2 Å². The quantitative estimate of drug-likeness (QED) is 0.800. The van der Waals surface area contributed by atoms with Gasteiger partial charge in [0.1, 0.15) is 0 Å². The molecule has 0 aromatic heterocycles. The molecule has 0 amide bonds. The summed E-state index contributed by atoms with van der Waals surface area (Å²) in [7, 11) is 0. The van der Waals surface area contributed by atoms with Gasteiger partial charge in [-0.3, -0.25) is 0 Å². The van der Waals surface area contributed by atoms with Crippen LogP contribution in [0.15, 0.2) is 42.0 Å². The first-order chi connectivity index (χ1) is 8.77. The van der Waals surface area contributed by atoms with Crippen LogP contribution in [0.5, 0.6) is 0 Å². The third kappa shape index (κ3) is 2.81. The summed E-state index contributed by atoms with van der Waals surface area (Å²) in [5.74, 6) is 0. The Morgan fingerprint density at radius 1 is 1.06 bits per heavy atom. The van der Waals surface area contributed by atoms with Gasteiger partial charge in [-0.15, -0.1) is 0 Å². The van der Waals surface area contributed by atoms with Crippen LogP contribution in [0.25, 0.3) is 0 Å². The molecule has 0 saturated carbocycles. The summed E-state index contributed by atoms with van der Waals surface area (Å²) >= 11 is 0. The van der Waals surface area contributed by atoms with Crippen LogP contribution in [0.2, 0.25) is 0 Å². The summed E-state index contributed by atoms with van der Waals surface area (Å²) in [4.78, 5) is 0. The fourth-order valence-electron chi connectivity index (χ4n) is 2.69. The molecule has 0 heterocycles. The van der Waals surface area contributed by atoms with Crippen molar-refractivity contribution >= 4 is 0 Å². The van der Waals surface area contributed by atoms with Gasteiger partial charge >= 0.3 is 0 Å². The van der Waals surface area contributed by atoms with Crippen molar-refractivity contribution < 1.29 is 4.39 Å². The van der Waals surface area contributed by atoms with Crippen molar-refractivity contribution in [2.24, 2.45) is 5.73 Å². The van der Waals surface area contributed by atoms with Gasteiger partial charge in [0.25, 0.3) is 0 Å². The zero-order chi connectivity index (χ0) is 12.8. The minimum Gasteiger partial charge on any atom is -0.327 e. The van der Waals surface area contributed by atoms with Gasteiger partial charge in [0.05, 0.1) is 0 Å². The van der Waals surface area contributed by atoms with E-state index in [0.29, 0.717) is 5.56 Å². The van der Waals surface area contributed by atoms with Crippen LogP contribution in [0.1, 0.15) is 44.1 Å². The first-order valence-electron chi connectivity index (χ1n) is 6.91. The highest BCUT2D eigenvalue weighted by Gasteiger charge is 2.34. The second-order valence-electron chi connectivity index (χ2n) is 5.05. The summed E-state index contributed by atoms with van der Waals surface area (Å²) in [6, 6.07) is 9.34. The van der Waals surface area contributed by atoms with Crippen molar-refractivity contribution in [3.63, 3.8) is 0 Å². The Hall–Kier alpha value is -1.15. The van der Waals surface area contributed by atoms with Gasteiger partial charge in [0.15, 0.2) is 5.67 Å². The predicted molar refractivity (Wildman–Crippen MR) is 74.1 cm³/mol. The number of halogens is 1. The minimum atomic E-state index is -1.47. The Morgan fingerprint density at radius 2 is 1.78 bits per heavy atom. The molecule has 1 atom stereocenters. The molecule has 2 N–H and O–H groups in total. The molecule has 1 aromatic rings. The first kappa shape index (κ1) is 13.3. The molecule has 1 nitrogen and oxygen atoms in total. The van der Waals surface area contributed by atoms with E-state index in [2.05, 4.69) is 6.08 Å². The SMILES string of the molecule is NCC(F)(/C1=C/CCCCCC1)c1ccccc1. The van der Waals surface area contributed by atoms with Gasteiger partial charge in [-0.25, -0.2) is 4.39 Å². The number of rotatable bonds is 3. The van der Waals surface area contributed by atoms with Crippen molar-refractivity contribution in [1.82, 2.24) is 0 Å². The molecule has 1 aliphatic rings. The molecule has 2 rings (SSSR count). The minimum absolute atomic E-state index is 0.0306. The summed E-state index contributed by atoms with van der Waals surface area (Å²) in [6.07, 6.45) is 8.60. The van der Waals surface area contributed by atoms with Crippen molar-refractivity contribution in [3.8, 4) is 0 Å². The molecular formula is C16H22FN. The van der Waals surface area contributed by atoms with E-state index in [1.54, 1.807) is 0 Å². The smallest absolute Gasteiger partial charge is 0.169 e. The van der Waals surface area contributed by atoms with Crippen LogP contribution in [0.4, 0.5) is 4.39 Å². The number of nitrogens with two attached hydrogens (primary N) is 1. The van der Waals surface area contributed by atoms with E-state index in [1.165, 1.54) is 19.3 Å². The van der Waals surface area contributed by atoms with Crippen LogP contribution >= 0.6 is 0 Å². The topological polar surface area (TPSA) is 26.0 Å². The molecule has 0 spiro atoms. The largest absolute Gasteiger partial charge is 0.327 e. The van der Waals surface area contributed by atoms with Crippen molar-refractivity contribution in [2.75, 3.05) is 6.54 Å². The summed E-state index contributed by atoms with van der Waals surface area (Å²) in [6.45, 7) is 0.0306. The lowest BCUT2D eigenvalue weighted by molar-refractivity contribution is 0.217. The number of hydrogen-bond donors (Lipinski definition) is 1. The fraction of sp³-hybridized carbons (Fsp3) is 0.500. The van der Waals surface area contributed by atoms with Crippen LogP contribution < -0.4 is 5.73 Å². The number of benzene rings is 1. The van der Waals surface area contributed by atoms with Crippen LogP contribution in [-0.4, -0.2) is 6.54 Å². The highest BCUT2D eigenvalue weighted by atomic mass is 19.1. The van der Waals surface area contributed by atoms with E-state index in [4.69, 9.17) is 5.73 Å².